The third-order valence-electron chi connectivity index (χ3n) is 6.28. The molecule has 0 bridgehead atoms. The number of rotatable bonds is 7. The molecule has 3 heterocycles. The quantitative estimate of drug-likeness (QED) is 0.299. The first kappa shape index (κ1) is 18.7. The average molecular weight is 403 g/mol. The van der Waals surface area contributed by atoms with E-state index in [9.17, 15) is 0 Å². The molecule has 0 amide bonds. The summed E-state index contributed by atoms with van der Waals surface area (Å²) in [5, 5.41) is 5.04. The Bertz CT molecular complexity index is 1210. The van der Waals surface area contributed by atoms with E-state index < -0.39 is 0 Å². The fourth-order valence-corrected chi connectivity index (χ4v) is 5.70. The van der Waals surface area contributed by atoms with Crippen molar-refractivity contribution in [1.82, 2.24) is 9.13 Å². The van der Waals surface area contributed by atoms with Crippen molar-refractivity contribution < 1.29 is 0 Å². The van der Waals surface area contributed by atoms with Crippen molar-refractivity contribution in [2.75, 3.05) is 0 Å². The summed E-state index contributed by atoms with van der Waals surface area (Å²) >= 11 is 1.88. The number of allylic oxidation sites excluding steroid dienone is 1. The van der Waals surface area contributed by atoms with Gasteiger partial charge in [0.15, 0.2) is 0 Å². The molecule has 1 aliphatic carbocycles. The van der Waals surface area contributed by atoms with Gasteiger partial charge in [0.2, 0.25) is 0 Å². The summed E-state index contributed by atoms with van der Waals surface area (Å²) in [7, 11) is 0. The van der Waals surface area contributed by atoms with E-state index in [1.165, 1.54) is 69.3 Å². The summed E-state index contributed by atoms with van der Waals surface area (Å²) in [5.74, 6) is 0. The van der Waals surface area contributed by atoms with Gasteiger partial charge in [0, 0.05) is 46.2 Å². The Balaban J connectivity index is 1.77. The smallest absolute Gasteiger partial charge is 0.103 e. The van der Waals surface area contributed by atoms with Gasteiger partial charge < -0.3 is 9.13 Å². The molecule has 0 unspecified atom stereocenters. The fraction of sp³-hybridized carbons (Fsp3) is 0.385. The molecule has 0 saturated heterocycles. The van der Waals surface area contributed by atoms with Crippen LogP contribution in [0.2, 0.25) is 0 Å². The summed E-state index contributed by atoms with van der Waals surface area (Å²) in [6.07, 6.45) is 6.11. The number of hydrogen-bond donors (Lipinski definition) is 0. The monoisotopic (exact) mass is 402 g/mol. The maximum absolute atomic E-state index is 2.58. The normalized spacial score (nSPS) is 13.7. The summed E-state index contributed by atoms with van der Waals surface area (Å²) in [5.41, 5.74) is 8.89. The minimum atomic E-state index is 1.09. The van der Waals surface area contributed by atoms with Crippen LogP contribution in [0.3, 0.4) is 0 Å². The molecule has 2 nitrogen and oxygen atoms in total. The molecule has 0 radical (unpaired) electrons. The second-order valence-electron chi connectivity index (χ2n) is 8.32. The van der Waals surface area contributed by atoms with Crippen LogP contribution in [0.25, 0.3) is 26.7 Å². The van der Waals surface area contributed by atoms with Gasteiger partial charge in [0.25, 0.3) is 0 Å². The minimum Gasteiger partial charge on any atom is -0.344 e. The molecule has 1 aromatic carbocycles. The van der Waals surface area contributed by atoms with Gasteiger partial charge in [0.05, 0.1) is 5.69 Å². The Kier molecular flexibility index (Phi) is 4.87. The standard InChI is InChI=1S/C26H30N2S/c1-4-6-15-27-18(3)24(21-9-7-8-10-22(21)27)25(19-11-12-19)23-17-20-13-16-29-26(20)28(23)14-5-2/h7-10,13,16-17H,4-6,11-12,14-15H2,1-3H3. The van der Waals surface area contributed by atoms with Crippen molar-refractivity contribution >= 4 is 38.0 Å². The Labute approximate surface area is 177 Å². The van der Waals surface area contributed by atoms with E-state index in [0.29, 0.717) is 0 Å². The lowest BCUT2D eigenvalue weighted by Gasteiger charge is -2.14. The van der Waals surface area contributed by atoms with Crippen LogP contribution >= 0.6 is 11.3 Å². The van der Waals surface area contributed by atoms with Crippen LogP contribution in [0, 0.1) is 6.92 Å². The summed E-state index contributed by atoms with van der Waals surface area (Å²) in [4.78, 5) is 1.42. The largest absolute Gasteiger partial charge is 0.344 e. The Morgan fingerprint density at radius 3 is 2.59 bits per heavy atom. The van der Waals surface area contributed by atoms with Gasteiger partial charge in [-0.2, -0.15) is 0 Å². The maximum atomic E-state index is 2.58. The van der Waals surface area contributed by atoms with Crippen LogP contribution in [0.4, 0.5) is 0 Å². The maximum Gasteiger partial charge on any atom is 0.103 e. The molecule has 0 atom stereocenters. The molecule has 29 heavy (non-hydrogen) atoms. The molecule has 1 fully saturated rings. The number of thiophene rings is 1. The van der Waals surface area contributed by atoms with Crippen molar-refractivity contribution in [1.29, 1.82) is 0 Å². The first-order valence-corrected chi connectivity index (χ1v) is 12.0. The van der Waals surface area contributed by atoms with Gasteiger partial charge in [-0.05, 0) is 56.2 Å². The minimum absolute atomic E-state index is 1.09. The summed E-state index contributed by atoms with van der Waals surface area (Å²) in [6, 6.07) is 13.8. The average Bonchev–Trinajstić information content (AvgIpc) is 3.27. The Hall–Kier alpha value is -2.26. The van der Waals surface area contributed by atoms with Crippen LogP contribution in [0.5, 0.6) is 0 Å². The van der Waals surface area contributed by atoms with Gasteiger partial charge in [0.1, 0.15) is 4.83 Å². The summed E-state index contributed by atoms with van der Waals surface area (Å²) < 4.78 is 5.14. The van der Waals surface area contributed by atoms with Gasteiger partial charge in [-0.25, -0.2) is 0 Å². The highest BCUT2D eigenvalue weighted by molar-refractivity contribution is 7.16. The zero-order valence-corrected chi connectivity index (χ0v) is 18.6. The molecule has 1 saturated carbocycles. The second-order valence-corrected chi connectivity index (χ2v) is 9.22. The van der Waals surface area contributed by atoms with Gasteiger partial charge in [-0.15, -0.1) is 11.3 Å². The van der Waals surface area contributed by atoms with Gasteiger partial charge in [-0.3, -0.25) is 0 Å². The number of fused-ring (bicyclic) bond motifs is 2. The topological polar surface area (TPSA) is 9.86 Å². The predicted octanol–water partition coefficient (Wildman–Crippen LogP) is 7.77. The summed E-state index contributed by atoms with van der Waals surface area (Å²) in [6.45, 7) is 9.10. The molecule has 3 aromatic heterocycles. The lowest BCUT2D eigenvalue weighted by molar-refractivity contribution is 0.637. The van der Waals surface area contributed by atoms with Crippen LogP contribution in [0.15, 0.2) is 47.4 Å². The Morgan fingerprint density at radius 1 is 1.00 bits per heavy atom. The number of nitrogens with zero attached hydrogens (tertiary/aromatic N) is 2. The highest BCUT2D eigenvalue weighted by Gasteiger charge is 2.28. The third-order valence-corrected chi connectivity index (χ3v) is 7.23. The van der Waals surface area contributed by atoms with E-state index in [1.807, 2.05) is 11.3 Å². The van der Waals surface area contributed by atoms with Gasteiger partial charge >= 0.3 is 0 Å². The zero-order valence-electron chi connectivity index (χ0n) is 17.8. The van der Waals surface area contributed by atoms with Crippen molar-refractivity contribution in [3.8, 4) is 0 Å². The first-order chi connectivity index (χ1) is 14.2. The number of unbranched alkanes of at least 4 members (excludes halogenated alkanes) is 1. The van der Waals surface area contributed by atoms with Crippen molar-refractivity contribution in [2.45, 2.75) is 66.0 Å². The van der Waals surface area contributed by atoms with Crippen LogP contribution in [-0.4, -0.2) is 9.13 Å². The van der Waals surface area contributed by atoms with E-state index in [0.717, 1.165) is 19.5 Å². The molecular weight excluding hydrogens is 372 g/mol. The van der Waals surface area contributed by atoms with Crippen LogP contribution < -0.4 is 0 Å². The lowest BCUT2D eigenvalue weighted by Crippen LogP contribution is -2.04. The third kappa shape index (κ3) is 3.07. The Morgan fingerprint density at radius 2 is 1.83 bits per heavy atom. The molecule has 150 valence electrons. The number of benzene rings is 1. The molecule has 0 N–H and O–H groups in total. The van der Waals surface area contributed by atoms with E-state index in [1.54, 1.807) is 5.57 Å². The van der Waals surface area contributed by atoms with Crippen molar-refractivity contribution in [2.24, 2.45) is 0 Å². The van der Waals surface area contributed by atoms with E-state index in [2.05, 4.69) is 71.7 Å². The molecular formula is C26H30N2S. The molecule has 4 aromatic rings. The van der Waals surface area contributed by atoms with Gasteiger partial charge in [-0.1, -0.05) is 44.0 Å². The van der Waals surface area contributed by atoms with E-state index in [4.69, 9.17) is 0 Å². The number of para-hydroxylation sites is 1. The van der Waals surface area contributed by atoms with E-state index in [-0.39, 0.29) is 0 Å². The lowest BCUT2D eigenvalue weighted by atomic mass is 9.98. The fourth-order valence-electron chi connectivity index (χ4n) is 4.78. The van der Waals surface area contributed by atoms with Crippen molar-refractivity contribution in [3.05, 3.63) is 64.3 Å². The van der Waals surface area contributed by atoms with Crippen molar-refractivity contribution in [3.63, 3.8) is 0 Å². The molecule has 0 aliphatic heterocycles. The highest BCUT2D eigenvalue weighted by atomic mass is 32.1. The molecule has 3 heteroatoms. The predicted molar refractivity (Wildman–Crippen MR) is 127 cm³/mol. The van der Waals surface area contributed by atoms with Crippen LogP contribution in [0.1, 0.15) is 62.9 Å². The van der Waals surface area contributed by atoms with Crippen LogP contribution in [-0.2, 0) is 13.1 Å². The molecule has 5 rings (SSSR count). The number of hydrogen-bond acceptors (Lipinski definition) is 1. The zero-order chi connectivity index (χ0) is 20.0. The van der Waals surface area contributed by atoms with E-state index >= 15 is 0 Å². The molecule has 1 aliphatic rings. The SMILES string of the molecule is CCCCn1c(C)c(C(=C2CC2)c2cc3ccsc3n2CCC)c2ccccc21. The number of aryl methyl sites for hydroxylation is 2. The highest BCUT2D eigenvalue weighted by Crippen LogP contribution is 2.46. The number of aromatic nitrogens is 2. The second kappa shape index (κ2) is 7.53. The molecule has 0 spiro atoms. The first-order valence-electron chi connectivity index (χ1n) is 11.1.